The Morgan fingerprint density at radius 3 is 1.50 bits per heavy atom. The summed E-state index contributed by atoms with van der Waals surface area (Å²) < 4.78 is 38.6. The highest BCUT2D eigenvalue weighted by molar-refractivity contribution is 9.10. The number of anilines is 3. The smallest absolute Gasteiger partial charge is 0.303 e. The van der Waals surface area contributed by atoms with Crippen LogP contribution in [0, 0.1) is 0 Å². The zero-order valence-electron chi connectivity index (χ0n) is 14.8. The molecule has 28 heavy (non-hydrogen) atoms. The van der Waals surface area contributed by atoms with Crippen LogP contribution in [0.4, 0.5) is 17.1 Å². The van der Waals surface area contributed by atoms with E-state index in [1.807, 2.05) is 60.7 Å². The molecule has 1 unspecified atom stereocenters. The van der Waals surface area contributed by atoms with E-state index in [1.54, 1.807) is 12.1 Å². The van der Waals surface area contributed by atoms with Crippen molar-refractivity contribution in [2.24, 2.45) is 0 Å². The van der Waals surface area contributed by atoms with E-state index in [9.17, 15) is 8.42 Å². The number of ether oxygens (including phenoxy) is 1. The molecule has 0 heterocycles. The third-order valence-corrected chi connectivity index (χ3v) is 5.98. The van der Waals surface area contributed by atoms with Gasteiger partial charge in [-0.05, 0) is 79.7 Å². The number of halogens is 2. The van der Waals surface area contributed by atoms with Crippen molar-refractivity contribution >= 4 is 59.0 Å². The molecule has 1 N–H and O–H groups in total. The Bertz CT molecular complexity index is 992. The summed E-state index contributed by atoms with van der Waals surface area (Å²) >= 11 is 6.91. The number of nitrogens with zero attached hydrogens (tertiary/aromatic N) is 1. The second-order valence-corrected chi connectivity index (χ2v) is 9.51. The first-order valence-corrected chi connectivity index (χ1v) is 11.4. The van der Waals surface area contributed by atoms with E-state index in [4.69, 9.17) is 9.29 Å². The van der Waals surface area contributed by atoms with Crippen LogP contribution in [-0.4, -0.2) is 18.4 Å². The van der Waals surface area contributed by atoms with Crippen molar-refractivity contribution in [3.63, 3.8) is 0 Å². The highest BCUT2D eigenvalue weighted by Crippen LogP contribution is 2.36. The first kappa shape index (κ1) is 20.9. The molecule has 3 aromatic carbocycles. The molecule has 1 atom stereocenters. The molecular formula is C20H17Br2NO4S. The van der Waals surface area contributed by atoms with Crippen molar-refractivity contribution in [2.45, 2.75) is 12.4 Å². The molecule has 0 saturated heterocycles. The molecule has 0 aliphatic rings. The van der Waals surface area contributed by atoms with Crippen LogP contribution in [0.5, 0.6) is 5.75 Å². The Hall–Kier alpha value is -1.87. The number of rotatable bonds is 6. The zero-order chi connectivity index (χ0) is 20.3. The predicted molar refractivity (Wildman–Crippen MR) is 118 cm³/mol. The number of hydrogen-bond acceptors (Lipinski definition) is 4. The molecule has 0 aromatic heterocycles. The fourth-order valence-electron chi connectivity index (χ4n) is 2.55. The summed E-state index contributed by atoms with van der Waals surface area (Å²) in [4.78, 5) is 2.06. The van der Waals surface area contributed by atoms with Gasteiger partial charge in [0.1, 0.15) is 5.75 Å². The van der Waals surface area contributed by atoms with Crippen molar-refractivity contribution in [1.29, 1.82) is 0 Å². The fraction of sp³-hybridized carbons (Fsp3) is 0.100. The van der Waals surface area contributed by atoms with Gasteiger partial charge in [0.05, 0.1) is 0 Å². The molecule has 146 valence electrons. The summed E-state index contributed by atoms with van der Waals surface area (Å²) in [5, 5.41) is 0. The lowest BCUT2D eigenvalue weighted by Gasteiger charge is -2.26. The van der Waals surface area contributed by atoms with Crippen LogP contribution in [0.1, 0.15) is 6.92 Å². The average molecular weight is 527 g/mol. The van der Waals surface area contributed by atoms with E-state index in [0.717, 1.165) is 26.0 Å². The summed E-state index contributed by atoms with van der Waals surface area (Å²) in [5.74, 6) is 0.348. The quantitative estimate of drug-likeness (QED) is 0.382. The monoisotopic (exact) mass is 525 g/mol. The van der Waals surface area contributed by atoms with Crippen LogP contribution in [0.25, 0.3) is 0 Å². The van der Waals surface area contributed by atoms with E-state index < -0.39 is 15.6 Å². The lowest BCUT2D eigenvalue weighted by molar-refractivity contribution is 0.274. The van der Waals surface area contributed by atoms with Crippen molar-refractivity contribution in [3.8, 4) is 5.75 Å². The van der Waals surface area contributed by atoms with Gasteiger partial charge < -0.3 is 9.64 Å². The van der Waals surface area contributed by atoms with Crippen LogP contribution < -0.4 is 9.64 Å². The molecule has 5 nitrogen and oxygen atoms in total. The molecule has 0 saturated carbocycles. The molecule has 3 aromatic rings. The van der Waals surface area contributed by atoms with E-state index in [1.165, 1.54) is 6.92 Å². The van der Waals surface area contributed by atoms with Gasteiger partial charge in [-0.3, -0.25) is 4.55 Å². The minimum absolute atomic E-state index is 0.348. The summed E-state index contributed by atoms with van der Waals surface area (Å²) in [7, 11) is -4.26. The van der Waals surface area contributed by atoms with Crippen LogP contribution >= 0.6 is 31.9 Å². The van der Waals surface area contributed by atoms with Gasteiger partial charge in [-0.2, -0.15) is 8.42 Å². The number of benzene rings is 3. The molecule has 3 rings (SSSR count). The van der Waals surface area contributed by atoms with Crippen LogP contribution in [0.3, 0.4) is 0 Å². The topological polar surface area (TPSA) is 66.8 Å². The second-order valence-electron chi connectivity index (χ2n) is 5.98. The average Bonchev–Trinajstić information content (AvgIpc) is 2.65. The Morgan fingerprint density at radius 2 is 1.14 bits per heavy atom. The van der Waals surface area contributed by atoms with Crippen LogP contribution in [-0.2, 0) is 10.1 Å². The Kier molecular flexibility index (Phi) is 6.44. The van der Waals surface area contributed by atoms with Crippen molar-refractivity contribution in [2.75, 3.05) is 4.90 Å². The Morgan fingerprint density at radius 1 is 0.786 bits per heavy atom. The first-order chi connectivity index (χ1) is 13.2. The van der Waals surface area contributed by atoms with Gasteiger partial charge >= 0.3 is 10.1 Å². The van der Waals surface area contributed by atoms with Gasteiger partial charge in [0, 0.05) is 26.0 Å². The molecule has 0 aliphatic heterocycles. The van der Waals surface area contributed by atoms with E-state index in [-0.39, 0.29) is 0 Å². The van der Waals surface area contributed by atoms with Crippen LogP contribution in [0.15, 0.2) is 81.7 Å². The van der Waals surface area contributed by atoms with Crippen molar-refractivity contribution in [3.05, 3.63) is 81.7 Å². The van der Waals surface area contributed by atoms with E-state index in [2.05, 4.69) is 36.8 Å². The molecule has 0 radical (unpaired) electrons. The maximum atomic E-state index is 11.2. The lowest BCUT2D eigenvalue weighted by Crippen LogP contribution is -2.23. The largest absolute Gasteiger partial charge is 0.472 e. The second kappa shape index (κ2) is 8.65. The summed E-state index contributed by atoms with van der Waals surface area (Å²) in [6.45, 7) is 1.28. The molecule has 0 fully saturated rings. The summed E-state index contributed by atoms with van der Waals surface area (Å²) in [5.41, 5.74) is 1.46. The minimum Gasteiger partial charge on any atom is -0.472 e. The molecule has 0 aliphatic carbocycles. The first-order valence-electron chi connectivity index (χ1n) is 8.28. The number of hydrogen-bond donors (Lipinski definition) is 1. The van der Waals surface area contributed by atoms with E-state index >= 15 is 0 Å². The molecule has 0 spiro atoms. The molecule has 0 bridgehead atoms. The Balaban J connectivity index is 1.96. The highest BCUT2D eigenvalue weighted by atomic mass is 79.9. The van der Waals surface area contributed by atoms with Gasteiger partial charge in [-0.15, -0.1) is 0 Å². The van der Waals surface area contributed by atoms with E-state index in [0.29, 0.717) is 5.75 Å². The molecule has 8 heteroatoms. The van der Waals surface area contributed by atoms with Crippen molar-refractivity contribution < 1.29 is 17.7 Å². The maximum absolute atomic E-state index is 11.2. The summed E-state index contributed by atoms with van der Waals surface area (Å²) in [6.07, 6.45) is 0. The zero-order valence-corrected chi connectivity index (χ0v) is 18.8. The predicted octanol–water partition coefficient (Wildman–Crippen LogP) is 6.29. The fourth-order valence-corrected chi connectivity index (χ4v) is 3.32. The van der Waals surface area contributed by atoms with Gasteiger partial charge in [-0.1, -0.05) is 31.9 Å². The minimum atomic E-state index is -4.26. The third-order valence-electron chi connectivity index (χ3n) is 3.99. The normalized spacial score (nSPS) is 12.4. The maximum Gasteiger partial charge on any atom is 0.303 e. The Labute approximate surface area is 181 Å². The van der Waals surface area contributed by atoms with Gasteiger partial charge in [-0.25, -0.2) is 0 Å². The van der Waals surface area contributed by atoms with Gasteiger partial charge in [0.2, 0.25) is 5.44 Å². The molecule has 0 amide bonds. The third kappa shape index (κ3) is 5.14. The molecular weight excluding hydrogens is 510 g/mol. The summed E-state index contributed by atoms with van der Waals surface area (Å²) in [6, 6.07) is 22.8. The van der Waals surface area contributed by atoms with Gasteiger partial charge in [0.15, 0.2) is 0 Å². The highest BCUT2D eigenvalue weighted by Gasteiger charge is 2.19. The SMILES string of the molecule is CC(Oc1ccc(N(c2ccc(Br)cc2)c2ccc(Br)cc2)cc1)S(=O)(=O)O. The van der Waals surface area contributed by atoms with Crippen molar-refractivity contribution in [1.82, 2.24) is 0 Å². The van der Waals surface area contributed by atoms with Gasteiger partial charge in [0.25, 0.3) is 0 Å². The van der Waals surface area contributed by atoms with Crippen LogP contribution in [0.2, 0.25) is 0 Å². The lowest BCUT2D eigenvalue weighted by atomic mass is 10.2. The standard InChI is InChI=1S/C20H17Br2NO4S/c1-14(28(24,25)26)27-20-12-10-19(11-13-20)23(17-6-2-15(21)3-7-17)18-8-4-16(22)5-9-18/h2-14H,1H3,(H,24,25,26).